The van der Waals surface area contributed by atoms with Crippen molar-refractivity contribution in [1.82, 2.24) is 0 Å². The van der Waals surface area contributed by atoms with E-state index in [9.17, 15) is 0 Å². The van der Waals surface area contributed by atoms with E-state index in [-0.39, 0.29) is 0 Å². The topological polar surface area (TPSA) is 0 Å². The van der Waals surface area contributed by atoms with E-state index < -0.39 is 0 Å². The predicted molar refractivity (Wildman–Crippen MR) is 62.6 cm³/mol. The molecule has 0 N–H and O–H groups in total. The number of thiophene rings is 1. The molecule has 1 heterocycles. The van der Waals surface area contributed by atoms with Gasteiger partial charge < -0.3 is 0 Å². The highest BCUT2D eigenvalue weighted by atomic mass is 35.5. The van der Waals surface area contributed by atoms with Crippen LogP contribution in [0.3, 0.4) is 0 Å². The number of allylic oxidation sites excluding steroid dienone is 1. The Morgan fingerprint density at radius 2 is 2.23 bits per heavy atom. The van der Waals surface area contributed by atoms with Crippen molar-refractivity contribution in [2.75, 3.05) is 5.88 Å². The highest BCUT2D eigenvalue weighted by molar-refractivity contribution is 7.12. The molecular weight excluding hydrogens is 200 g/mol. The van der Waals surface area contributed by atoms with Gasteiger partial charge in [0.2, 0.25) is 0 Å². The molecule has 0 nitrogen and oxygen atoms in total. The molecule has 0 aromatic carbocycles. The molecule has 0 radical (unpaired) electrons. The first-order valence-corrected chi connectivity index (χ1v) is 5.81. The second-order valence-corrected chi connectivity index (χ2v) is 5.04. The number of hydrogen-bond acceptors (Lipinski definition) is 1. The lowest BCUT2D eigenvalue weighted by atomic mass is 10.0. The largest absolute Gasteiger partial charge is 0.141 e. The average Bonchev–Trinajstić information content (AvgIpc) is 2.46. The van der Waals surface area contributed by atoms with Gasteiger partial charge in [0.15, 0.2) is 0 Å². The summed E-state index contributed by atoms with van der Waals surface area (Å²) in [6, 6.07) is 4.29. The Hall–Kier alpha value is -0.270. The normalized spacial score (nSPS) is 12.5. The van der Waals surface area contributed by atoms with E-state index >= 15 is 0 Å². The zero-order valence-electron chi connectivity index (χ0n) is 8.30. The van der Waals surface area contributed by atoms with Crippen molar-refractivity contribution >= 4 is 29.0 Å². The van der Waals surface area contributed by atoms with E-state index in [4.69, 9.17) is 11.6 Å². The molecule has 0 fully saturated rings. The van der Waals surface area contributed by atoms with Crippen LogP contribution in [0.1, 0.15) is 23.6 Å². The molecule has 0 aliphatic carbocycles. The summed E-state index contributed by atoms with van der Waals surface area (Å²) < 4.78 is 0. The summed E-state index contributed by atoms with van der Waals surface area (Å²) >= 11 is 7.67. The number of hydrogen-bond donors (Lipinski definition) is 0. The van der Waals surface area contributed by atoms with Crippen molar-refractivity contribution in [3.63, 3.8) is 0 Å². The Morgan fingerprint density at radius 3 is 2.62 bits per heavy atom. The van der Waals surface area contributed by atoms with Crippen LogP contribution in [0.4, 0.5) is 0 Å². The number of halogens is 1. The summed E-state index contributed by atoms with van der Waals surface area (Å²) in [6.07, 6.45) is 2.20. The minimum atomic E-state index is 0.542. The Kier molecular flexibility index (Phi) is 4.01. The summed E-state index contributed by atoms with van der Waals surface area (Å²) in [6.45, 7) is 6.47. The van der Waals surface area contributed by atoms with E-state index in [0.29, 0.717) is 11.8 Å². The lowest BCUT2D eigenvalue weighted by molar-refractivity contribution is 0.778. The highest BCUT2D eigenvalue weighted by Gasteiger charge is 2.02. The maximum absolute atomic E-state index is 5.86. The molecule has 0 amide bonds. The van der Waals surface area contributed by atoms with Crippen LogP contribution < -0.4 is 0 Å². The van der Waals surface area contributed by atoms with Crippen LogP contribution in [0.2, 0.25) is 0 Å². The molecule has 72 valence electrons. The van der Waals surface area contributed by atoms with E-state index in [2.05, 4.69) is 39.0 Å². The van der Waals surface area contributed by atoms with Crippen LogP contribution in [0.25, 0.3) is 6.08 Å². The fraction of sp³-hybridized carbons (Fsp3) is 0.455. The smallest absolute Gasteiger partial charge is 0.0439 e. The van der Waals surface area contributed by atoms with Crippen molar-refractivity contribution in [2.24, 2.45) is 5.92 Å². The maximum atomic E-state index is 5.86. The summed E-state index contributed by atoms with van der Waals surface area (Å²) in [4.78, 5) is 2.66. The first-order chi connectivity index (χ1) is 6.13. The van der Waals surface area contributed by atoms with E-state index in [1.807, 2.05) is 11.3 Å². The van der Waals surface area contributed by atoms with E-state index in [1.54, 1.807) is 0 Å². The quantitative estimate of drug-likeness (QED) is 0.657. The Morgan fingerprint density at radius 1 is 1.54 bits per heavy atom. The Bertz CT molecular complexity index is 297. The van der Waals surface area contributed by atoms with Gasteiger partial charge in [-0.05, 0) is 31.1 Å². The lowest BCUT2D eigenvalue weighted by Gasteiger charge is -2.06. The van der Waals surface area contributed by atoms with Gasteiger partial charge in [-0.15, -0.1) is 22.9 Å². The van der Waals surface area contributed by atoms with Crippen LogP contribution in [0.15, 0.2) is 17.7 Å². The molecule has 0 unspecified atom stereocenters. The Balaban J connectivity index is 2.84. The molecular formula is C11H15ClS. The third-order valence-electron chi connectivity index (χ3n) is 1.98. The third-order valence-corrected chi connectivity index (χ3v) is 3.24. The minimum absolute atomic E-state index is 0.542. The van der Waals surface area contributed by atoms with Gasteiger partial charge in [0.1, 0.15) is 0 Å². The fourth-order valence-electron chi connectivity index (χ4n) is 1.07. The number of alkyl halides is 1. The van der Waals surface area contributed by atoms with Crippen molar-refractivity contribution in [1.29, 1.82) is 0 Å². The molecule has 0 spiro atoms. The van der Waals surface area contributed by atoms with Crippen molar-refractivity contribution < 1.29 is 0 Å². The highest BCUT2D eigenvalue weighted by Crippen LogP contribution is 2.21. The molecule has 13 heavy (non-hydrogen) atoms. The minimum Gasteiger partial charge on any atom is -0.141 e. The molecule has 1 aromatic heterocycles. The zero-order valence-corrected chi connectivity index (χ0v) is 9.88. The summed E-state index contributed by atoms with van der Waals surface area (Å²) in [5, 5.41) is 0. The van der Waals surface area contributed by atoms with Crippen molar-refractivity contribution in [3.05, 3.63) is 27.5 Å². The van der Waals surface area contributed by atoms with Crippen LogP contribution in [0, 0.1) is 12.8 Å². The van der Waals surface area contributed by atoms with Crippen LogP contribution in [-0.2, 0) is 0 Å². The molecule has 1 rings (SSSR count). The summed E-state index contributed by atoms with van der Waals surface area (Å²) in [5.41, 5.74) is 1.31. The summed E-state index contributed by atoms with van der Waals surface area (Å²) in [7, 11) is 0. The van der Waals surface area contributed by atoms with E-state index in [1.165, 1.54) is 15.3 Å². The first kappa shape index (κ1) is 10.8. The monoisotopic (exact) mass is 214 g/mol. The second-order valence-electron chi connectivity index (χ2n) is 3.46. The van der Waals surface area contributed by atoms with Gasteiger partial charge in [-0.2, -0.15) is 0 Å². The van der Waals surface area contributed by atoms with Crippen LogP contribution >= 0.6 is 22.9 Å². The molecule has 0 bridgehead atoms. The molecule has 2 heteroatoms. The lowest BCUT2D eigenvalue weighted by Crippen LogP contribution is -1.94. The maximum Gasteiger partial charge on any atom is 0.0439 e. The van der Waals surface area contributed by atoms with Crippen molar-refractivity contribution in [3.8, 4) is 0 Å². The van der Waals surface area contributed by atoms with Gasteiger partial charge in [0.05, 0.1) is 0 Å². The molecule has 0 saturated carbocycles. The zero-order chi connectivity index (χ0) is 9.84. The van der Waals surface area contributed by atoms with Gasteiger partial charge >= 0.3 is 0 Å². The summed E-state index contributed by atoms with van der Waals surface area (Å²) in [5.74, 6) is 1.18. The SMILES string of the molecule is Cc1ccc(/C=C(\CCl)C(C)C)s1. The van der Waals surface area contributed by atoms with Gasteiger partial charge in [-0.3, -0.25) is 0 Å². The van der Waals surface area contributed by atoms with Crippen LogP contribution in [-0.4, -0.2) is 5.88 Å². The standard InChI is InChI=1S/C11H15ClS/c1-8(2)10(7-12)6-11-5-4-9(3)13-11/h4-6,8H,7H2,1-3H3/b10-6+. The van der Waals surface area contributed by atoms with Gasteiger partial charge in [0, 0.05) is 15.6 Å². The van der Waals surface area contributed by atoms with Gasteiger partial charge in [-0.1, -0.05) is 19.4 Å². The molecule has 1 aromatic rings. The molecule has 0 atom stereocenters. The Labute approximate surface area is 89.2 Å². The van der Waals surface area contributed by atoms with Gasteiger partial charge in [-0.25, -0.2) is 0 Å². The molecule has 0 saturated heterocycles. The second kappa shape index (κ2) is 4.83. The first-order valence-electron chi connectivity index (χ1n) is 4.46. The average molecular weight is 215 g/mol. The van der Waals surface area contributed by atoms with Crippen molar-refractivity contribution in [2.45, 2.75) is 20.8 Å². The molecule has 0 aliphatic heterocycles. The number of rotatable bonds is 3. The fourth-order valence-corrected chi connectivity index (χ4v) is 2.31. The predicted octanol–water partition coefficient (Wildman–Crippen LogP) is 4.33. The number of aryl methyl sites for hydroxylation is 1. The van der Waals surface area contributed by atoms with Crippen LogP contribution in [0.5, 0.6) is 0 Å². The molecule has 0 aliphatic rings. The third kappa shape index (κ3) is 3.17. The van der Waals surface area contributed by atoms with E-state index in [0.717, 1.165) is 0 Å². The van der Waals surface area contributed by atoms with Gasteiger partial charge in [0.25, 0.3) is 0 Å².